The fourth-order valence-electron chi connectivity index (χ4n) is 2.27. The molecular weight excluding hydrogens is 318 g/mol. The van der Waals surface area contributed by atoms with Crippen LogP contribution >= 0.6 is 27.5 Å². The van der Waals surface area contributed by atoms with Gasteiger partial charge in [-0.2, -0.15) is 0 Å². The fourth-order valence-corrected chi connectivity index (χ4v) is 2.76. The summed E-state index contributed by atoms with van der Waals surface area (Å²) in [4.78, 5) is 11.6. The number of carbonyl (C=O) groups is 1. The van der Waals surface area contributed by atoms with E-state index in [0.29, 0.717) is 11.4 Å². The van der Waals surface area contributed by atoms with Crippen LogP contribution in [0.5, 0.6) is 0 Å². The molecule has 3 nitrogen and oxygen atoms in total. The van der Waals surface area contributed by atoms with Crippen molar-refractivity contribution in [1.29, 1.82) is 0 Å². The van der Waals surface area contributed by atoms with Gasteiger partial charge in [0, 0.05) is 10.2 Å². The normalized spacial score (nSPS) is 18.2. The van der Waals surface area contributed by atoms with Crippen LogP contribution in [0.2, 0.25) is 5.02 Å². The molecule has 0 heterocycles. The molecule has 1 aliphatic carbocycles. The topological polar surface area (TPSA) is 49.3 Å². The van der Waals surface area contributed by atoms with Gasteiger partial charge in [0.2, 0.25) is 0 Å². The highest BCUT2D eigenvalue weighted by molar-refractivity contribution is 9.10. The highest BCUT2D eigenvalue weighted by Crippen LogP contribution is 2.44. The second-order valence-electron chi connectivity index (χ2n) is 4.66. The third kappa shape index (κ3) is 2.50. The average Bonchev–Trinajstić information content (AvgIpc) is 3.14. The van der Waals surface area contributed by atoms with E-state index >= 15 is 0 Å². The Labute approximate surface area is 120 Å². The van der Waals surface area contributed by atoms with Gasteiger partial charge >= 0.3 is 5.97 Å². The minimum Gasteiger partial charge on any atom is -0.479 e. The molecule has 0 aliphatic heterocycles. The molecule has 18 heavy (non-hydrogen) atoms. The maximum atomic E-state index is 11.6. The largest absolute Gasteiger partial charge is 0.479 e. The first-order valence-electron chi connectivity index (χ1n) is 5.96. The molecule has 2 rings (SSSR count). The van der Waals surface area contributed by atoms with Gasteiger partial charge in [-0.05, 0) is 59.3 Å². The predicted octanol–water partition coefficient (Wildman–Crippen LogP) is 4.16. The zero-order valence-electron chi connectivity index (χ0n) is 10.0. The zero-order chi connectivity index (χ0) is 13.3. The fraction of sp³-hybridized carbons (Fsp3) is 0.462. The Kier molecular flexibility index (Phi) is 3.87. The lowest BCUT2D eigenvalue weighted by molar-refractivity contribution is -0.143. The van der Waals surface area contributed by atoms with Crippen molar-refractivity contribution in [3.8, 4) is 0 Å². The molecule has 0 bridgehead atoms. The van der Waals surface area contributed by atoms with E-state index in [9.17, 15) is 9.90 Å². The maximum absolute atomic E-state index is 11.6. The lowest BCUT2D eigenvalue weighted by Gasteiger charge is -2.30. The predicted molar refractivity (Wildman–Crippen MR) is 76.2 cm³/mol. The highest BCUT2D eigenvalue weighted by atomic mass is 79.9. The first-order valence-corrected chi connectivity index (χ1v) is 7.13. The van der Waals surface area contributed by atoms with Crippen LogP contribution in [-0.2, 0) is 4.79 Å². The van der Waals surface area contributed by atoms with Crippen LogP contribution < -0.4 is 5.32 Å². The van der Waals surface area contributed by atoms with Gasteiger partial charge in [0.25, 0.3) is 0 Å². The molecule has 0 aromatic heterocycles. The van der Waals surface area contributed by atoms with Crippen molar-refractivity contribution in [2.24, 2.45) is 5.92 Å². The van der Waals surface area contributed by atoms with E-state index in [2.05, 4.69) is 21.2 Å². The van der Waals surface area contributed by atoms with Crippen molar-refractivity contribution in [1.82, 2.24) is 0 Å². The summed E-state index contributed by atoms with van der Waals surface area (Å²) in [5.74, 6) is -0.562. The van der Waals surface area contributed by atoms with Crippen molar-refractivity contribution in [2.45, 2.75) is 31.7 Å². The minimum absolute atomic E-state index is 0.217. The van der Waals surface area contributed by atoms with E-state index in [1.54, 1.807) is 6.07 Å². The molecule has 0 spiro atoms. The lowest BCUT2D eigenvalue weighted by Crippen LogP contribution is -2.48. The number of carboxylic acid groups (broad SMARTS) is 1. The number of benzene rings is 1. The zero-order valence-corrected chi connectivity index (χ0v) is 12.4. The van der Waals surface area contributed by atoms with Crippen molar-refractivity contribution >= 4 is 39.2 Å². The van der Waals surface area contributed by atoms with E-state index in [1.807, 2.05) is 19.1 Å². The summed E-state index contributed by atoms with van der Waals surface area (Å²) in [5, 5.41) is 13.3. The quantitative estimate of drug-likeness (QED) is 0.851. The number of carboxylic acids is 1. The molecule has 98 valence electrons. The van der Waals surface area contributed by atoms with Gasteiger partial charge in [-0.15, -0.1) is 0 Å². The van der Waals surface area contributed by atoms with E-state index in [-0.39, 0.29) is 5.92 Å². The molecule has 1 aromatic rings. The summed E-state index contributed by atoms with van der Waals surface area (Å²) < 4.78 is 0.764. The Morgan fingerprint density at radius 1 is 1.61 bits per heavy atom. The number of rotatable bonds is 5. The van der Waals surface area contributed by atoms with E-state index in [4.69, 9.17) is 11.6 Å². The molecule has 0 amide bonds. The first kappa shape index (κ1) is 13.7. The van der Waals surface area contributed by atoms with Crippen LogP contribution in [0.15, 0.2) is 22.7 Å². The number of aliphatic carboxylic acids is 1. The summed E-state index contributed by atoms with van der Waals surface area (Å²) in [7, 11) is 0. The monoisotopic (exact) mass is 331 g/mol. The molecule has 1 aromatic carbocycles. The smallest absolute Gasteiger partial charge is 0.329 e. The summed E-state index contributed by atoms with van der Waals surface area (Å²) >= 11 is 9.28. The van der Waals surface area contributed by atoms with Gasteiger partial charge < -0.3 is 10.4 Å². The number of hydrogen-bond donors (Lipinski definition) is 2. The second kappa shape index (κ2) is 5.10. The Morgan fingerprint density at radius 3 is 2.72 bits per heavy atom. The molecule has 1 atom stereocenters. The van der Waals surface area contributed by atoms with Crippen molar-refractivity contribution in [3.63, 3.8) is 0 Å². The van der Waals surface area contributed by atoms with Gasteiger partial charge in [-0.1, -0.05) is 18.5 Å². The molecule has 5 heteroatoms. The molecule has 1 saturated carbocycles. The molecule has 1 aliphatic rings. The van der Waals surface area contributed by atoms with Crippen molar-refractivity contribution < 1.29 is 9.90 Å². The Morgan fingerprint density at radius 2 is 2.28 bits per heavy atom. The van der Waals surface area contributed by atoms with Gasteiger partial charge in [0.1, 0.15) is 5.54 Å². The van der Waals surface area contributed by atoms with Gasteiger partial charge in [-0.25, -0.2) is 4.79 Å². The molecule has 1 fully saturated rings. The van der Waals surface area contributed by atoms with Crippen LogP contribution in [-0.4, -0.2) is 16.6 Å². The number of anilines is 1. The minimum atomic E-state index is -0.854. The molecule has 1 unspecified atom stereocenters. The third-order valence-corrected chi connectivity index (χ3v) is 4.71. The highest BCUT2D eigenvalue weighted by Gasteiger charge is 2.50. The Hall–Kier alpha value is -0.740. The standard InChI is InChI=1S/C13H15BrClNO2/c1-2-13(12(17)18,8-3-4-8)16-9-5-6-11(15)10(14)7-9/h5-8,16H,2-4H2,1H3,(H,17,18). The summed E-state index contributed by atoms with van der Waals surface area (Å²) in [6.07, 6.45) is 2.51. The van der Waals surface area contributed by atoms with E-state index < -0.39 is 11.5 Å². The van der Waals surface area contributed by atoms with Gasteiger partial charge in [0.05, 0.1) is 5.02 Å². The van der Waals surface area contributed by atoms with Crippen molar-refractivity contribution in [3.05, 3.63) is 27.7 Å². The second-order valence-corrected chi connectivity index (χ2v) is 5.92. The summed E-state index contributed by atoms with van der Waals surface area (Å²) in [5.41, 5.74) is -0.0739. The summed E-state index contributed by atoms with van der Waals surface area (Å²) in [6.45, 7) is 1.91. The molecule has 2 N–H and O–H groups in total. The Bertz CT molecular complexity index is 476. The number of halogens is 2. The first-order chi connectivity index (χ1) is 8.49. The lowest BCUT2D eigenvalue weighted by atomic mass is 9.89. The van der Waals surface area contributed by atoms with E-state index in [1.165, 1.54) is 0 Å². The van der Waals surface area contributed by atoms with Crippen LogP contribution in [0.4, 0.5) is 5.69 Å². The molecule has 0 saturated heterocycles. The van der Waals surface area contributed by atoms with Crippen LogP contribution in [0.1, 0.15) is 26.2 Å². The summed E-state index contributed by atoms with van der Waals surface area (Å²) in [6, 6.07) is 5.38. The SMILES string of the molecule is CCC(Nc1ccc(Cl)c(Br)c1)(C(=O)O)C1CC1. The number of nitrogens with one attached hydrogen (secondary N) is 1. The van der Waals surface area contributed by atoms with Crippen LogP contribution in [0.3, 0.4) is 0 Å². The van der Waals surface area contributed by atoms with Crippen molar-refractivity contribution in [2.75, 3.05) is 5.32 Å². The van der Waals surface area contributed by atoms with Crippen LogP contribution in [0, 0.1) is 5.92 Å². The molecular formula is C13H15BrClNO2. The van der Waals surface area contributed by atoms with Gasteiger partial charge in [0.15, 0.2) is 0 Å². The Balaban J connectivity index is 2.28. The van der Waals surface area contributed by atoms with Crippen LogP contribution in [0.25, 0.3) is 0 Å². The van der Waals surface area contributed by atoms with Gasteiger partial charge in [-0.3, -0.25) is 0 Å². The third-order valence-electron chi connectivity index (χ3n) is 3.50. The number of hydrogen-bond acceptors (Lipinski definition) is 2. The maximum Gasteiger partial charge on any atom is 0.329 e. The molecule has 0 radical (unpaired) electrons. The van der Waals surface area contributed by atoms with E-state index in [0.717, 1.165) is 23.0 Å². The average molecular weight is 333 g/mol.